The summed E-state index contributed by atoms with van der Waals surface area (Å²) in [4.78, 5) is 30.8. The highest BCUT2D eigenvalue weighted by Gasteiger charge is 2.19. The highest BCUT2D eigenvalue weighted by Crippen LogP contribution is 2.33. The van der Waals surface area contributed by atoms with Crippen molar-refractivity contribution >= 4 is 22.6 Å². The Morgan fingerprint density at radius 3 is 2.46 bits per heavy atom. The summed E-state index contributed by atoms with van der Waals surface area (Å²) in [5.41, 5.74) is 2.34. The SMILES string of the molecule is COc1ccccc1NC(=O)N(Cc1ccccc1)Cc1cc2cc3c(cc2[nH]c1=O)OCCO3. The van der Waals surface area contributed by atoms with Crippen LogP contribution in [0.5, 0.6) is 17.2 Å². The average molecular weight is 472 g/mol. The molecule has 4 aromatic rings. The van der Waals surface area contributed by atoms with E-state index in [9.17, 15) is 9.59 Å². The summed E-state index contributed by atoms with van der Waals surface area (Å²) in [5, 5.41) is 3.71. The van der Waals surface area contributed by atoms with Crippen molar-refractivity contribution in [3.63, 3.8) is 0 Å². The van der Waals surface area contributed by atoms with E-state index in [2.05, 4.69) is 10.3 Å². The van der Waals surface area contributed by atoms with Crippen LogP contribution in [0.3, 0.4) is 0 Å². The van der Waals surface area contributed by atoms with Gasteiger partial charge in [0.2, 0.25) is 0 Å². The molecule has 1 aromatic heterocycles. The molecule has 2 amide bonds. The van der Waals surface area contributed by atoms with E-state index < -0.39 is 0 Å². The van der Waals surface area contributed by atoms with E-state index in [0.29, 0.717) is 53.8 Å². The maximum Gasteiger partial charge on any atom is 0.322 e. The van der Waals surface area contributed by atoms with Gasteiger partial charge in [0, 0.05) is 23.6 Å². The van der Waals surface area contributed by atoms with E-state index in [4.69, 9.17) is 14.2 Å². The van der Waals surface area contributed by atoms with Gasteiger partial charge in [-0.05, 0) is 29.8 Å². The molecule has 3 aromatic carbocycles. The topological polar surface area (TPSA) is 92.9 Å². The number of nitrogens with one attached hydrogen (secondary N) is 2. The molecule has 0 bridgehead atoms. The van der Waals surface area contributed by atoms with Gasteiger partial charge in [-0.15, -0.1) is 0 Å². The normalized spacial score (nSPS) is 12.3. The summed E-state index contributed by atoms with van der Waals surface area (Å²) >= 11 is 0. The largest absolute Gasteiger partial charge is 0.495 e. The number of methoxy groups -OCH3 is 1. The first-order valence-corrected chi connectivity index (χ1v) is 11.3. The van der Waals surface area contributed by atoms with Gasteiger partial charge in [0.05, 0.1) is 24.9 Å². The minimum atomic E-state index is -0.347. The number of benzene rings is 3. The molecular formula is C27H25N3O5. The number of aromatic nitrogens is 1. The number of para-hydroxylation sites is 2. The van der Waals surface area contributed by atoms with Crippen molar-refractivity contribution in [2.45, 2.75) is 13.1 Å². The lowest BCUT2D eigenvalue weighted by Crippen LogP contribution is -2.35. The summed E-state index contributed by atoms with van der Waals surface area (Å²) in [6.45, 7) is 1.37. The van der Waals surface area contributed by atoms with Crippen LogP contribution in [0, 0.1) is 0 Å². The van der Waals surface area contributed by atoms with Gasteiger partial charge in [0.25, 0.3) is 5.56 Å². The quantitative estimate of drug-likeness (QED) is 0.431. The number of hydrogen-bond donors (Lipinski definition) is 2. The first kappa shape index (κ1) is 22.3. The fraction of sp³-hybridized carbons (Fsp3) is 0.185. The molecule has 35 heavy (non-hydrogen) atoms. The fourth-order valence-corrected chi connectivity index (χ4v) is 4.06. The molecule has 8 nitrogen and oxygen atoms in total. The van der Waals surface area contributed by atoms with Crippen molar-refractivity contribution < 1.29 is 19.0 Å². The number of nitrogens with zero attached hydrogens (tertiary/aromatic N) is 1. The summed E-state index contributed by atoms with van der Waals surface area (Å²) in [5.74, 6) is 1.79. The van der Waals surface area contributed by atoms with E-state index in [1.54, 1.807) is 36.3 Å². The minimum absolute atomic E-state index is 0.107. The van der Waals surface area contributed by atoms with Crippen LogP contribution < -0.4 is 25.1 Å². The summed E-state index contributed by atoms with van der Waals surface area (Å²) in [6.07, 6.45) is 0. The molecule has 0 unspecified atom stereocenters. The number of ether oxygens (including phenoxy) is 3. The van der Waals surface area contributed by atoms with E-state index in [-0.39, 0.29) is 18.1 Å². The Labute approximate surface area is 202 Å². The van der Waals surface area contributed by atoms with Gasteiger partial charge in [-0.25, -0.2) is 4.79 Å². The molecule has 0 saturated carbocycles. The number of anilines is 1. The Bertz CT molecular complexity index is 1420. The third-order valence-corrected chi connectivity index (χ3v) is 5.80. The monoisotopic (exact) mass is 471 g/mol. The lowest BCUT2D eigenvalue weighted by atomic mass is 10.1. The van der Waals surface area contributed by atoms with Gasteiger partial charge in [-0.2, -0.15) is 0 Å². The zero-order valence-electron chi connectivity index (χ0n) is 19.2. The molecule has 0 spiro atoms. The minimum Gasteiger partial charge on any atom is -0.495 e. The molecule has 0 saturated heterocycles. The molecule has 0 aliphatic carbocycles. The highest BCUT2D eigenvalue weighted by molar-refractivity contribution is 5.91. The van der Waals surface area contributed by atoms with Gasteiger partial charge in [-0.3, -0.25) is 4.79 Å². The molecule has 0 radical (unpaired) electrons. The number of carbonyl (C=O) groups is 1. The van der Waals surface area contributed by atoms with Crippen molar-refractivity contribution in [1.29, 1.82) is 0 Å². The first-order valence-electron chi connectivity index (χ1n) is 11.3. The molecule has 0 fully saturated rings. The second-order valence-electron chi connectivity index (χ2n) is 8.18. The van der Waals surface area contributed by atoms with Crippen LogP contribution >= 0.6 is 0 Å². The van der Waals surface area contributed by atoms with Crippen LogP contribution in [0.15, 0.2) is 77.6 Å². The molecular weight excluding hydrogens is 446 g/mol. The highest BCUT2D eigenvalue weighted by atomic mass is 16.6. The Hall–Kier alpha value is -4.46. The number of rotatable bonds is 6. The maximum absolute atomic E-state index is 13.4. The zero-order valence-corrected chi connectivity index (χ0v) is 19.2. The molecule has 0 atom stereocenters. The van der Waals surface area contributed by atoms with Crippen LogP contribution in [-0.2, 0) is 13.1 Å². The maximum atomic E-state index is 13.4. The number of hydrogen-bond acceptors (Lipinski definition) is 5. The van der Waals surface area contributed by atoms with Crippen molar-refractivity contribution in [3.05, 3.63) is 94.3 Å². The lowest BCUT2D eigenvalue weighted by Gasteiger charge is -2.24. The number of pyridine rings is 1. The molecule has 8 heteroatoms. The predicted octanol–water partition coefficient (Wildman–Crippen LogP) is 4.54. The number of fused-ring (bicyclic) bond motifs is 2. The van der Waals surface area contributed by atoms with Crippen molar-refractivity contribution in [2.24, 2.45) is 0 Å². The molecule has 1 aliphatic heterocycles. The zero-order chi connectivity index (χ0) is 24.2. The second-order valence-corrected chi connectivity index (χ2v) is 8.18. The number of urea groups is 1. The fourth-order valence-electron chi connectivity index (χ4n) is 4.06. The Morgan fingerprint density at radius 1 is 0.971 bits per heavy atom. The Morgan fingerprint density at radius 2 is 1.69 bits per heavy atom. The standard InChI is InChI=1S/C27H25N3O5/c1-33-23-10-6-5-9-21(23)29-27(32)30(16-18-7-3-2-4-8-18)17-20-13-19-14-24-25(35-12-11-34-24)15-22(19)28-26(20)31/h2-10,13-15H,11-12,16-17H2,1H3,(H,28,31)(H,29,32). The van der Waals surface area contributed by atoms with Crippen molar-refractivity contribution in [1.82, 2.24) is 9.88 Å². The van der Waals surface area contributed by atoms with Gasteiger partial charge in [0.1, 0.15) is 19.0 Å². The van der Waals surface area contributed by atoms with Crippen LogP contribution in [0.1, 0.15) is 11.1 Å². The number of H-pyrrole nitrogens is 1. The first-order chi connectivity index (χ1) is 17.1. The Balaban J connectivity index is 1.47. The average Bonchev–Trinajstić information content (AvgIpc) is 2.88. The third-order valence-electron chi connectivity index (χ3n) is 5.80. The molecule has 178 valence electrons. The number of amides is 2. The summed E-state index contributed by atoms with van der Waals surface area (Å²) in [6, 6.07) is 21.9. The molecule has 2 heterocycles. The van der Waals surface area contributed by atoms with E-state index in [1.807, 2.05) is 48.5 Å². The van der Waals surface area contributed by atoms with Crippen LogP contribution in [-0.4, -0.2) is 36.2 Å². The van der Waals surface area contributed by atoms with Gasteiger partial charge >= 0.3 is 6.03 Å². The number of aromatic amines is 1. The molecule has 5 rings (SSSR count). The van der Waals surface area contributed by atoms with Gasteiger partial charge in [0.15, 0.2) is 11.5 Å². The van der Waals surface area contributed by atoms with E-state index >= 15 is 0 Å². The van der Waals surface area contributed by atoms with Crippen LogP contribution in [0.4, 0.5) is 10.5 Å². The van der Waals surface area contributed by atoms with E-state index in [1.165, 1.54) is 0 Å². The van der Waals surface area contributed by atoms with Crippen molar-refractivity contribution in [2.75, 3.05) is 25.6 Å². The van der Waals surface area contributed by atoms with E-state index in [0.717, 1.165) is 10.9 Å². The third kappa shape index (κ3) is 4.91. The van der Waals surface area contributed by atoms with Gasteiger partial charge < -0.3 is 29.4 Å². The van der Waals surface area contributed by atoms with Crippen molar-refractivity contribution in [3.8, 4) is 17.2 Å². The lowest BCUT2D eigenvalue weighted by molar-refractivity contribution is 0.172. The summed E-state index contributed by atoms with van der Waals surface area (Å²) < 4.78 is 16.7. The predicted molar refractivity (Wildman–Crippen MR) is 133 cm³/mol. The Kier molecular flexibility index (Phi) is 6.26. The summed E-state index contributed by atoms with van der Waals surface area (Å²) in [7, 11) is 1.55. The smallest absolute Gasteiger partial charge is 0.322 e. The molecule has 2 N–H and O–H groups in total. The molecule has 1 aliphatic rings. The number of carbonyl (C=O) groups excluding carboxylic acids is 1. The second kappa shape index (κ2) is 9.80. The van der Waals surface area contributed by atoms with Crippen LogP contribution in [0.2, 0.25) is 0 Å². The van der Waals surface area contributed by atoms with Crippen LogP contribution in [0.25, 0.3) is 10.9 Å². The van der Waals surface area contributed by atoms with Gasteiger partial charge in [-0.1, -0.05) is 42.5 Å².